The minimum absolute atomic E-state index is 0.0240. The van der Waals surface area contributed by atoms with E-state index < -0.39 is 24.0 Å². The lowest BCUT2D eigenvalue weighted by molar-refractivity contribution is -0.213. The van der Waals surface area contributed by atoms with Crippen LogP contribution in [0.15, 0.2) is 12.1 Å². The van der Waals surface area contributed by atoms with Crippen LogP contribution in [-0.2, 0) is 4.79 Å². The number of carbonyl (C=O) groups is 1. The SMILES string of the molecule is O=C(Nc1c(Cl)cc(Cl)cc1Cl)C1(C(F)(F)F)CCNC1. The van der Waals surface area contributed by atoms with E-state index in [1.807, 2.05) is 0 Å². The number of alkyl halides is 3. The monoisotopic (exact) mass is 360 g/mol. The van der Waals surface area contributed by atoms with E-state index in [2.05, 4.69) is 10.6 Å². The molecule has 3 nitrogen and oxygen atoms in total. The summed E-state index contributed by atoms with van der Waals surface area (Å²) in [4.78, 5) is 12.2. The summed E-state index contributed by atoms with van der Waals surface area (Å²) in [6.45, 7) is -0.375. The van der Waals surface area contributed by atoms with Crippen molar-refractivity contribution in [3.63, 3.8) is 0 Å². The van der Waals surface area contributed by atoms with Gasteiger partial charge in [-0.1, -0.05) is 34.8 Å². The van der Waals surface area contributed by atoms with Gasteiger partial charge in [0.15, 0.2) is 5.41 Å². The minimum atomic E-state index is -4.67. The van der Waals surface area contributed by atoms with Crippen molar-refractivity contribution in [3.8, 4) is 0 Å². The second kappa shape index (κ2) is 5.83. The van der Waals surface area contributed by atoms with Gasteiger partial charge in [0.2, 0.25) is 5.91 Å². The van der Waals surface area contributed by atoms with E-state index in [4.69, 9.17) is 34.8 Å². The molecular weight excluding hydrogens is 351 g/mol. The maximum Gasteiger partial charge on any atom is 0.404 e. The van der Waals surface area contributed by atoms with Crippen molar-refractivity contribution >= 4 is 46.4 Å². The van der Waals surface area contributed by atoms with Gasteiger partial charge >= 0.3 is 6.18 Å². The molecule has 0 aliphatic carbocycles. The molecule has 1 amide bonds. The number of amides is 1. The van der Waals surface area contributed by atoms with E-state index in [0.29, 0.717) is 0 Å². The van der Waals surface area contributed by atoms with Gasteiger partial charge in [-0.2, -0.15) is 13.2 Å². The lowest BCUT2D eigenvalue weighted by atomic mass is 9.85. The molecule has 1 aromatic rings. The van der Waals surface area contributed by atoms with Crippen LogP contribution in [0.2, 0.25) is 15.1 Å². The zero-order chi connectivity index (χ0) is 15.8. The van der Waals surface area contributed by atoms with Crippen LogP contribution in [0.1, 0.15) is 6.42 Å². The quantitative estimate of drug-likeness (QED) is 0.832. The van der Waals surface area contributed by atoms with E-state index in [0.717, 1.165) is 0 Å². The number of nitrogens with one attached hydrogen (secondary N) is 2. The molecule has 1 saturated heterocycles. The van der Waals surface area contributed by atoms with Crippen molar-refractivity contribution in [3.05, 3.63) is 27.2 Å². The summed E-state index contributed by atoms with van der Waals surface area (Å²) in [5, 5.41) is 4.90. The molecule has 116 valence electrons. The van der Waals surface area contributed by atoms with Gasteiger partial charge in [0.1, 0.15) is 0 Å². The fourth-order valence-corrected chi connectivity index (χ4v) is 3.06. The molecule has 1 atom stereocenters. The highest BCUT2D eigenvalue weighted by Gasteiger charge is 2.61. The minimum Gasteiger partial charge on any atom is -0.323 e. The smallest absolute Gasteiger partial charge is 0.323 e. The molecule has 21 heavy (non-hydrogen) atoms. The lowest BCUT2D eigenvalue weighted by Gasteiger charge is -2.29. The third-order valence-corrected chi connectivity index (χ3v) is 4.19. The molecular formula is C12H10Cl3F3N2O. The van der Waals surface area contributed by atoms with Gasteiger partial charge in [0, 0.05) is 11.6 Å². The number of halogens is 6. The van der Waals surface area contributed by atoms with Crippen LogP contribution in [0, 0.1) is 5.41 Å². The molecule has 0 saturated carbocycles. The fraction of sp³-hybridized carbons (Fsp3) is 0.417. The summed E-state index contributed by atoms with van der Waals surface area (Å²) >= 11 is 17.4. The highest BCUT2D eigenvalue weighted by molar-refractivity contribution is 6.42. The van der Waals surface area contributed by atoms with Gasteiger partial charge in [-0.15, -0.1) is 0 Å². The van der Waals surface area contributed by atoms with Gasteiger partial charge in [0.05, 0.1) is 15.7 Å². The molecule has 0 bridgehead atoms. The summed E-state index contributed by atoms with van der Waals surface area (Å²) in [5.41, 5.74) is -2.57. The number of anilines is 1. The maximum absolute atomic E-state index is 13.2. The Hall–Kier alpha value is -0.690. The summed E-state index contributed by atoms with van der Waals surface area (Å²) in [6, 6.07) is 2.58. The first-order valence-corrected chi connectivity index (χ1v) is 7.04. The third-order valence-electron chi connectivity index (χ3n) is 3.38. The van der Waals surface area contributed by atoms with Crippen molar-refractivity contribution < 1.29 is 18.0 Å². The van der Waals surface area contributed by atoms with Crippen LogP contribution in [0.25, 0.3) is 0 Å². The highest BCUT2D eigenvalue weighted by Crippen LogP contribution is 2.44. The Morgan fingerprint density at radius 1 is 1.24 bits per heavy atom. The topological polar surface area (TPSA) is 41.1 Å². The van der Waals surface area contributed by atoms with Crippen LogP contribution >= 0.6 is 34.8 Å². The molecule has 1 aliphatic heterocycles. The summed E-state index contributed by atoms with van der Waals surface area (Å²) in [5.74, 6) is -1.19. The van der Waals surface area contributed by atoms with E-state index in [1.54, 1.807) is 0 Å². The molecule has 2 N–H and O–H groups in total. The molecule has 0 radical (unpaired) electrons. The van der Waals surface area contributed by atoms with Crippen molar-refractivity contribution in [2.24, 2.45) is 5.41 Å². The predicted octanol–water partition coefficient (Wildman–Crippen LogP) is 4.13. The van der Waals surface area contributed by atoms with Crippen LogP contribution < -0.4 is 10.6 Å². The molecule has 0 aromatic heterocycles. The first-order valence-electron chi connectivity index (χ1n) is 5.91. The standard InChI is InChI=1S/C12H10Cl3F3N2O/c13-6-3-7(14)9(8(15)4-6)20-10(21)11(12(16,17)18)1-2-19-5-11/h3-4,19H,1-2,5H2,(H,20,21). The summed E-state index contributed by atoms with van der Waals surface area (Å²) < 4.78 is 39.7. The number of hydrogen-bond acceptors (Lipinski definition) is 2. The highest BCUT2D eigenvalue weighted by atomic mass is 35.5. The van der Waals surface area contributed by atoms with Crippen molar-refractivity contribution in [1.29, 1.82) is 0 Å². The fourth-order valence-electron chi connectivity index (χ4n) is 2.15. The zero-order valence-corrected chi connectivity index (χ0v) is 12.7. The molecule has 1 aliphatic rings. The first kappa shape index (κ1) is 16.7. The average molecular weight is 362 g/mol. The molecule has 0 spiro atoms. The number of carbonyl (C=O) groups excluding carboxylic acids is 1. The van der Waals surface area contributed by atoms with E-state index in [1.165, 1.54) is 12.1 Å². The van der Waals surface area contributed by atoms with Gasteiger partial charge in [-0.3, -0.25) is 4.79 Å². The van der Waals surface area contributed by atoms with E-state index in [9.17, 15) is 18.0 Å². The van der Waals surface area contributed by atoms with E-state index in [-0.39, 0.29) is 33.7 Å². The zero-order valence-electron chi connectivity index (χ0n) is 10.5. The first-order chi connectivity index (χ1) is 9.67. The van der Waals surface area contributed by atoms with Crippen LogP contribution in [0.3, 0.4) is 0 Å². The second-order valence-electron chi connectivity index (χ2n) is 4.71. The average Bonchev–Trinajstić information content (AvgIpc) is 2.83. The summed E-state index contributed by atoms with van der Waals surface area (Å²) in [7, 11) is 0. The molecule has 9 heteroatoms. The lowest BCUT2D eigenvalue weighted by Crippen LogP contribution is -2.49. The van der Waals surface area contributed by atoms with Gasteiger partial charge < -0.3 is 10.6 Å². The number of hydrogen-bond donors (Lipinski definition) is 2. The van der Waals surface area contributed by atoms with Gasteiger partial charge in [-0.25, -0.2) is 0 Å². The third kappa shape index (κ3) is 3.08. The number of rotatable bonds is 2. The van der Waals surface area contributed by atoms with Crippen molar-refractivity contribution in [2.75, 3.05) is 18.4 Å². The van der Waals surface area contributed by atoms with Crippen LogP contribution in [0.5, 0.6) is 0 Å². The van der Waals surface area contributed by atoms with Gasteiger partial charge in [-0.05, 0) is 25.1 Å². The Kier molecular flexibility index (Phi) is 4.63. The Labute approximate surface area is 133 Å². The molecule has 1 heterocycles. The van der Waals surface area contributed by atoms with Gasteiger partial charge in [0.25, 0.3) is 0 Å². The Bertz CT molecular complexity index is 548. The normalized spacial score (nSPS) is 22.4. The van der Waals surface area contributed by atoms with Crippen LogP contribution in [0.4, 0.5) is 18.9 Å². The van der Waals surface area contributed by atoms with E-state index >= 15 is 0 Å². The summed E-state index contributed by atoms with van der Waals surface area (Å²) in [6.07, 6.45) is -5.02. The Morgan fingerprint density at radius 3 is 2.24 bits per heavy atom. The number of benzene rings is 1. The molecule has 1 fully saturated rings. The second-order valence-corrected chi connectivity index (χ2v) is 5.96. The van der Waals surface area contributed by atoms with Crippen molar-refractivity contribution in [1.82, 2.24) is 5.32 Å². The molecule has 1 aromatic carbocycles. The molecule has 2 rings (SSSR count). The Morgan fingerprint density at radius 2 is 1.81 bits per heavy atom. The molecule has 1 unspecified atom stereocenters. The predicted molar refractivity (Wildman–Crippen MR) is 76.1 cm³/mol. The largest absolute Gasteiger partial charge is 0.404 e. The van der Waals surface area contributed by atoms with Crippen LogP contribution in [-0.4, -0.2) is 25.2 Å². The Balaban J connectivity index is 2.33. The van der Waals surface area contributed by atoms with Crippen molar-refractivity contribution in [2.45, 2.75) is 12.6 Å². The maximum atomic E-state index is 13.2.